The molecule has 3 heterocycles. The van der Waals surface area contributed by atoms with Gasteiger partial charge in [-0.15, -0.1) is 0 Å². The summed E-state index contributed by atoms with van der Waals surface area (Å²) in [5, 5.41) is 13.5. The lowest BCUT2D eigenvalue weighted by molar-refractivity contribution is -0.129. The van der Waals surface area contributed by atoms with Crippen LogP contribution in [0, 0.1) is 17.2 Å². The molecule has 2 aliphatic heterocycles. The van der Waals surface area contributed by atoms with Crippen LogP contribution >= 0.6 is 0 Å². The lowest BCUT2D eigenvalue weighted by atomic mass is 9.97. The van der Waals surface area contributed by atoms with Gasteiger partial charge in [0, 0.05) is 29.7 Å². The second-order valence-electron chi connectivity index (χ2n) is 8.79. The van der Waals surface area contributed by atoms with Gasteiger partial charge in [0.15, 0.2) is 0 Å². The SMILES string of the molecule is CC1=CN2NCC(C(=O)Nc3cccc(C#N)c3)C2C(=O)N1c1ccc(C(F)(F)c2ccccc2)nc1. The van der Waals surface area contributed by atoms with Crippen LogP contribution in [0.15, 0.2) is 84.8 Å². The molecule has 1 saturated heterocycles. The number of fused-ring (bicyclic) bond motifs is 1. The first-order valence-electron chi connectivity index (χ1n) is 11.5. The molecule has 10 heteroatoms. The summed E-state index contributed by atoms with van der Waals surface area (Å²) >= 11 is 0. The van der Waals surface area contributed by atoms with E-state index in [1.165, 1.54) is 47.5 Å². The van der Waals surface area contributed by atoms with Crippen LogP contribution in [0.3, 0.4) is 0 Å². The van der Waals surface area contributed by atoms with Gasteiger partial charge in [0.25, 0.3) is 5.91 Å². The number of allylic oxidation sites excluding steroid dienone is 1. The fraction of sp³-hybridized carbons (Fsp3) is 0.185. The molecule has 0 bridgehead atoms. The van der Waals surface area contributed by atoms with Gasteiger partial charge >= 0.3 is 5.92 Å². The van der Waals surface area contributed by atoms with Crippen molar-refractivity contribution in [3.8, 4) is 6.07 Å². The minimum absolute atomic E-state index is 0.179. The van der Waals surface area contributed by atoms with Gasteiger partial charge < -0.3 is 10.3 Å². The van der Waals surface area contributed by atoms with E-state index < -0.39 is 23.6 Å². The predicted octanol–water partition coefficient (Wildman–Crippen LogP) is 3.74. The Morgan fingerprint density at radius 2 is 1.95 bits per heavy atom. The molecule has 1 aromatic heterocycles. The van der Waals surface area contributed by atoms with Crippen molar-refractivity contribution in [1.82, 2.24) is 15.4 Å². The third-order valence-corrected chi connectivity index (χ3v) is 6.39. The van der Waals surface area contributed by atoms with Crippen molar-refractivity contribution in [2.75, 3.05) is 16.8 Å². The second kappa shape index (κ2) is 9.44. The Morgan fingerprint density at radius 3 is 2.65 bits per heavy atom. The monoisotopic (exact) mass is 500 g/mol. The number of halogens is 2. The highest BCUT2D eigenvalue weighted by molar-refractivity contribution is 6.05. The summed E-state index contributed by atoms with van der Waals surface area (Å²) in [5.74, 6) is -4.80. The number of rotatable bonds is 5. The molecular weight excluding hydrogens is 478 g/mol. The van der Waals surface area contributed by atoms with Crippen LogP contribution in [0.2, 0.25) is 0 Å². The molecule has 0 spiro atoms. The second-order valence-corrected chi connectivity index (χ2v) is 8.79. The van der Waals surface area contributed by atoms with Crippen LogP contribution in [0.4, 0.5) is 20.2 Å². The number of anilines is 2. The molecule has 2 unspecified atom stereocenters. The number of hydrazine groups is 1. The van der Waals surface area contributed by atoms with Crippen molar-refractivity contribution >= 4 is 23.2 Å². The Bertz CT molecular complexity index is 1420. The Hall–Kier alpha value is -4.62. The van der Waals surface area contributed by atoms with Crippen LogP contribution < -0.4 is 15.6 Å². The normalized spacial score (nSPS) is 19.2. The van der Waals surface area contributed by atoms with Gasteiger partial charge in [-0.1, -0.05) is 36.4 Å². The van der Waals surface area contributed by atoms with Crippen LogP contribution in [0.1, 0.15) is 23.7 Å². The molecule has 5 rings (SSSR count). The first kappa shape index (κ1) is 24.1. The Labute approximate surface area is 211 Å². The van der Waals surface area contributed by atoms with Crippen molar-refractivity contribution in [2.24, 2.45) is 5.92 Å². The average molecular weight is 501 g/mol. The number of nitrogens with zero attached hydrogens (tertiary/aromatic N) is 4. The molecule has 0 radical (unpaired) electrons. The third kappa shape index (κ3) is 4.41. The van der Waals surface area contributed by atoms with Crippen LogP contribution in [0.5, 0.6) is 0 Å². The Morgan fingerprint density at radius 1 is 1.16 bits per heavy atom. The third-order valence-electron chi connectivity index (χ3n) is 6.39. The average Bonchev–Trinajstić information content (AvgIpc) is 3.34. The maximum Gasteiger partial charge on any atom is 0.314 e. The molecule has 2 aromatic carbocycles. The number of hydrogen-bond acceptors (Lipinski definition) is 6. The summed E-state index contributed by atoms with van der Waals surface area (Å²) in [4.78, 5) is 32.0. The van der Waals surface area contributed by atoms with E-state index >= 15 is 0 Å². The van der Waals surface area contributed by atoms with Crippen LogP contribution in [-0.4, -0.2) is 34.4 Å². The molecule has 8 nitrogen and oxygen atoms in total. The number of carbonyl (C=O) groups is 2. The van der Waals surface area contributed by atoms with Gasteiger partial charge in [-0.25, -0.2) is 5.43 Å². The highest BCUT2D eigenvalue weighted by Crippen LogP contribution is 2.36. The van der Waals surface area contributed by atoms with Gasteiger partial charge in [0.2, 0.25) is 5.91 Å². The number of hydrogen-bond donors (Lipinski definition) is 2. The summed E-state index contributed by atoms with van der Waals surface area (Å²) in [6, 6.07) is 17.7. The summed E-state index contributed by atoms with van der Waals surface area (Å²) in [7, 11) is 0. The molecule has 0 saturated carbocycles. The number of carbonyl (C=O) groups excluding carboxylic acids is 2. The van der Waals surface area contributed by atoms with Crippen molar-refractivity contribution in [3.63, 3.8) is 0 Å². The van der Waals surface area contributed by atoms with E-state index in [0.29, 0.717) is 22.6 Å². The van der Waals surface area contributed by atoms with E-state index in [9.17, 15) is 18.4 Å². The summed E-state index contributed by atoms with van der Waals surface area (Å²) in [5.41, 5.74) is 4.16. The summed E-state index contributed by atoms with van der Waals surface area (Å²) in [6.45, 7) is 1.93. The molecule has 1 fully saturated rings. The van der Waals surface area contributed by atoms with Crippen molar-refractivity contribution in [3.05, 3.63) is 102 Å². The lowest BCUT2D eigenvalue weighted by Gasteiger charge is -2.36. The maximum absolute atomic E-state index is 14.9. The molecule has 0 aliphatic carbocycles. The fourth-order valence-corrected chi connectivity index (χ4v) is 4.56. The number of pyridine rings is 1. The van der Waals surface area contributed by atoms with E-state index in [-0.39, 0.29) is 23.9 Å². The molecule has 2 aliphatic rings. The van der Waals surface area contributed by atoms with E-state index in [4.69, 9.17) is 5.26 Å². The zero-order valence-electron chi connectivity index (χ0n) is 19.7. The zero-order chi connectivity index (χ0) is 26.2. The van der Waals surface area contributed by atoms with E-state index in [1.807, 2.05) is 6.07 Å². The Balaban J connectivity index is 1.38. The van der Waals surface area contributed by atoms with E-state index in [2.05, 4.69) is 15.7 Å². The number of nitriles is 1. The van der Waals surface area contributed by atoms with E-state index in [1.54, 1.807) is 48.5 Å². The molecule has 3 aromatic rings. The first-order chi connectivity index (χ1) is 17.8. The largest absolute Gasteiger partial charge is 0.326 e. The van der Waals surface area contributed by atoms with Gasteiger partial charge in [0.1, 0.15) is 11.7 Å². The molecule has 186 valence electrons. The molecule has 37 heavy (non-hydrogen) atoms. The highest BCUT2D eigenvalue weighted by Gasteiger charge is 2.47. The van der Waals surface area contributed by atoms with Gasteiger partial charge in [-0.3, -0.25) is 19.5 Å². The number of nitrogens with one attached hydrogen (secondary N) is 2. The molecule has 2 amide bonds. The van der Waals surface area contributed by atoms with Gasteiger partial charge in [-0.2, -0.15) is 14.0 Å². The summed E-state index contributed by atoms with van der Waals surface area (Å²) < 4.78 is 29.9. The number of amides is 2. The smallest absolute Gasteiger partial charge is 0.314 e. The minimum atomic E-state index is -3.30. The van der Waals surface area contributed by atoms with Gasteiger partial charge in [0.05, 0.1) is 29.4 Å². The fourth-order valence-electron chi connectivity index (χ4n) is 4.56. The first-order valence-corrected chi connectivity index (χ1v) is 11.5. The summed E-state index contributed by atoms with van der Waals surface area (Å²) in [6.07, 6.45) is 2.93. The topological polar surface area (TPSA) is 101 Å². The van der Waals surface area contributed by atoms with Crippen molar-refractivity contribution in [1.29, 1.82) is 5.26 Å². The standard InChI is InChI=1S/C27H22F2N6O2/c1-17-16-34-24(22(15-32-34)25(36)33-20-9-5-6-18(12-20)13-30)26(37)35(17)21-10-11-23(31-14-21)27(28,29)19-7-3-2-4-8-19/h2-12,14,16,22,24,32H,15H2,1H3,(H,33,36). The molecule has 2 N–H and O–H groups in total. The Kier molecular flexibility index (Phi) is 6.15. The van der Waals surface area contributed by atoms with Crippen molar-refractivity contribution < 1.29 is 18.4 Å². The van der Waals surface area contributed by atoms with Crippen molar-refractivity contribution in [2.45, 2.75) is 18.9 Å². The quantitative estimate of drug-likeness (QED) is 0.554. The zero-order valence-corrected chi connectivity index (χ0v) is 19.7. The number of aromatic nitrogens is 1. The van der Waals surface area contributed by atoms with E-state index in [0.717, 1.165) is 0 Å². The maximum atomic E-state index is 14.9. The predicted molar refractivity (Wildman–Crippen MR) is 132 cm³/mol. The molecule has 2 atom stereocenters. The number of benzene rings is 2. The lowest BCUT2D eigenvalue weighted by Crippen LogP contribution is -2.53. The van der Waals surface area contributed by atoms with Crippen LogP contribution in [0.25, 0.3) is 0 Å². The van der Waals surface area contributed by atoms with Gasteiger partial charge in [-0.05, 0) is 37.3 Å². The van der Waals surface area contributed by atoms with Crippen LogP contribution in [-0.2, 0) is 15.5 Å². The minimum Gasteiger partial charge on any atom is -0.326 e. The molecular formula is C27H22F2N6O2. The highest BCUT2D eigenvalue weighted by atomic mass is 19.3. The number of alkyl halides is 2.